The van der Waals surface area contributed by atoms with E-state index in [-0.39, 0.29) is 17.6 Å². The largest absolute Gasteiger partial charge is 0.396 e. The zero-order valence-electron chi connectivity index (χ0n) is 10.6. The Bertz CT molecular complexity index is 447. The van der Waals surface area contributed by atoms with Gasteiger partial charge in [0.1, 0.15) is 5.82 Å². The maximum absolute atomic E-state index is 13.0. The Balaban J connectivity index is 2.04. The summed E-state index contributed by atoms with van der Waals surface area (Å²) in [6, 6.07) is 4.30. The van der Waals surface area contributed by atoms with Crippen molar-refractivity contribution in [3.63, 3.8) is 0 Å². The van der Waals surface area contributed by atoms with Crippen LogP contribution in [-0.2, 0) is 0 Å². The molecule has 1 aliphatic carbocycles. The summed E-state index contributed by atoms with van der Waals surface area (Å²) in [5.41, 5.74) is 5.90. The van der Waals surface area contributed by atoms with Crippen molar-refractivity contribution in [3.8, 4) is 0 Å². The number of halogens is 1. The first kappa shape index (κ1) is 12.9. The van der Waals surface area contributed by atoms with Crippen LogP contribution in [-0.4, -0.2) is 11.9 Å². The summed E-state index contributed by atoms with van der Waals surface area (Å²) in [5, 5.41) is 3.01. The van der Waals surface area contributed by atoms with Crippen LogP contribution in [0.4, 0.5) is 10.1 Å². The summed E-state index contributed by atoms with van der Waals surface area (Å²) in [6.07, 6.45) is 4.55. The highest BCUT2D eigenvalue weighted by Gasteiger charge is 2.23. The van der Waals surface area contributed by atoms with Gasteiger partial charge in [0.25, 0.3) is 5.91 Å². The van der Waals surface area contributed by atoms with Crippen LogP contribution in [0.15, 0.2) is 18.2 Å². The lowest BCUT2D eigenvalue weighted by atomic mass is 9.86. The van der Waals surface area contributed by atoms with Gasteiger partial charge in [0.15, 0.2) is 0 Å². The summed E-state index contributed by atoms with van der Waals surface area (Å²) in [5.74, 6) is -0.154. The minimum absolute atomic E-state index is 0.0133. The molecule has 0 aliphatic heterocycles. The number of rotatable bonds is 2. The molecule has 1 fully saturated rings. The Morgan fingerprint density at radius 2 is 2.11 bits per heavy atom. The van der Waals surface area contributed by atoms with Crippen molar-refractivity contribution in [3.05, 3.63) is 29.6 Å². The van der Waals surface area contributed by atoms with E-state index in [1.165, 1.54) is 24.6 Å². The van der Waals surface area contributed by atoms with Crippen LogP contribution in [0, 0.1) is 11.7 Å². The number of carbonyl (C=O) groups is 1. The molecule has 0 saturated heterocycles. The normalized spacial score (nSPS) is 23.7. The second kappa shape index (κ2) is 5.38. The quantitative estimate of drug-likeness (QED) is 0.793. The molecule has 1 aromatic carbocycles. The molecule has 4 heteroatoms. The second-order valence-corrected chi connectivity index (χ2v) is 5.08. The van der Waals surface area contributed by atoms with Gasteiger partial charge >= 0.3 is 0 Å². The van der Waals surface area contributed by atoms with Crippen molar-refractivity contribution < 1.29 is 9.18 Å². The number of nitrogens with two attached hydrogens (primary N) is 1. The van der Waals surface area contributed by atoms with Crippen molar-refractivity contribution in [2.75, 3.05) is 5.73 Å². The van der Waals surface area contributed by atoms with Crippen LogP contribution >= 0.6 is 0 Å². The van der Waals surface area contributed by atoms with Crippen molar-refractivity contribution in [1.29, 1.82) is 0 Å². The smallest absolute Gasteiger partial charge is 0.251 e. The maximum atomic E-state index is 13.0. The number of amides is 1. The molecule has 2 atom stereocenters. The molecule has 3 nitrogen and oxygen atoms in total. The highest BCUT2D eigenvalue weighted by atomic mass is 19.1. The maximum Gasteiger partial charge on any atom is 0.251 e. The molecule has 1 amide bonds. The summed E-state index contributed by atoms with van der Waals surface area (Å²) < 4.78 is 13.0. The zero-order chi connectivity index (χ0) is 13.1. The van der Waals surface area contributed by atoms with E-state index in [9.17, 15) is 9.18 Å². The molecule has 2 unspecified atom stereocenters. The van der Waals surface area contributed by atoms with E-state index in [0.717, 1.165) is 19.3 Å². The van der Waals surface area contributed by atoms with E-state index in [4.69, 9.17) is 5.73 Å². The predicted molar refractivity (Wildman–Crippen MR) is 69.7 cm³/mol. The van der Waals surface area contributed by atoms with Gasteiger partial charge < -0.3 is 11.1 Å². The molecular weight excluding hydrogens is 231 g/mol. The topological polar surface area (TPSA) is 55.1 Å². The zero-order valence-corrected chi connectivity index (χ0v) is 10.6. The number of hydrogen-bond acceptors (Lipinski definition) is 2. The number of hydrogen-bond donors (Lipinski definition) is 2. The molecular formula is C14H19FN2O. The van der Waals surface area contributed by atoms with Crippen molar-refractivity contribution in [2.24, 2.45) is 5.92 Å². The lowest BCUT2D eigenvalue weighted by molar-refractivity contribution is 0.0910. The summed E-state index contributed by atoms with van der Waals surface area (Å²) in [4.78, 5) is 12.0. The van der Waals surface area contributed by atoms with Crippen LogP contribution < -0.4 is 11.1 Å². The lowest BCUT2D eigenvalue weighted by Crippen LogP contribution is -2.41. The highest BCUT2D eigenvalue weighted by Crippen LogP contribution is 2.24. The number of nitrogen functional groups attached to an aromatic ring is 1. The summed E-state index contributed by atoms with van der Waals surface area (Å²) in [6.45, 7) is 2.16. The molecule has 98 valence electrons. The van der Waals surface area contributed by atoms with Gasteiger partial charge in [-0.05, 0) is 37.0 Å². The number of benzene rings is 1. The fourth-order valence-electron chi connectivity index (χ4n) is 2.47. The number of carbonyl (C=O) groups excluding carboxylic acids is 1. The molecule has 0 aromatic heterocycles. The Labute approximate surface area is 107 Å². The van der Waals surface area contributed by atoms with Gasteiger partial charge in [0.05, 0.1) is 5.69 Å². The summed E-state index contributed by atoms with van der Waals surface area (Å²) >= 11 is 0. The van der Waals surface area contributed by atoms with Gasteiger partial charge in [-0.1, -0.05) is 19.8 Å². The molecule has 18 heavy (non-hydrogen) atoms. The molecule has 3 N–H and O–H groups in total. The second-order valence-electron chi connectivity index (χ2n) is 5.08. The first-order valence-electron chi connectivity index (χ1n) is 6.44. The molecule has 1 aliphatic rings. The average molecular weight is 250 g/mol. The fourth-order valence-corrected chi connectivity index (χ4v) is 2.47. The van der Waals surface area contributed by atoms with Crippen LogP contribution in [0.1, 0.15) is 43.0 Å². The van der Waals surface area contributed by atoms with Crippen LogP contribution in [0.25, 0.3) is 0 Å². The van der Waals surface area contributed by atoms with E-state index >= 15 is 0 Å². The minimum Gasteiger partial charge on any atom is -0.396 e. The van der Waals surface area contributed by atoms with Gasteiger partial charge in [-0.25, -0.2) is 4.39 Å². The van der Waals surface area contributed by atoms with E-state index in [0.29, 0.717) is 11.5 Å². The van der Waals surface area contributed by atoms with Crippen LogP contribution in [0.5, 0.6) is 0 Å². The van der Waals surface area contributed by atoms with Crippen molar-refractivity contribution >= 4 is 11.6 Å². The lowest BCUT2D eigenvalue weighted by Gasteiger charge is -2.29. The molecule has 0 heterocycles. The first-order valence-corrected chi connectivity index (χ1v) is 6.44. The Kier molecular flexibility index (Phi) is 3.84. The van der Waals surface area contributed by atoms with E-state index in [1.54, 1.807) is 0 Å². The third-order valence-corrected chi connectivity index (χ3v) is 3.69. The van der Waals surface area contributed by atoms with E-state index in [1.807, 2.05) is 0 Å². The highest BCUT2D eigenvalue weighted by molar-refractivity contribution is 5.95. The molecule has 0 radical (unpaired) electrons. The minimum atomic E-state index is -0.488. The Morgan fingerprint density at radius 3 is 2.78 bits per heavy atom. The number of nitrogens with one attached hydrogen (secondary N) is 1. The standard InChI is InChI=1S/C14H19FN2O/c1-9-4-2-3-5-13(9)17-14(18)10-6-7-11(15)12(16)8-10/h6-9,13H,2-5,16H2,1H3,(H,17,18). The average Bonchev–Trinajstić information content (AvgIpc) is 2.35. The third-order valence-electron chi connectivity index (χ3n) is 3.69. The monoisotopic (exact) mass is 250 g/mol. The van der Waals surface area contributed by atoms with Gasteiger partial charge in [0, 0.05) is 11.6 Å². The van der Waals surface area contributed by atoms with Gasteiger partial charge in [-0.2, -0.15) is 0 Å². The van der Waals surface area contributed by atoms with Crippen molar-refractivity contribution in [1.82, 2.24) is 5.32 Å². The SMILES string of the molecule is CC1CCCCC1NC(=O)c1ccc(F)c(N)c1. The Morgan fingerprint density at radius 1 is 1.39 bits per heavy atom. The van der Waals surface area contributed by atoms with Crippen LogP contribution in [0.2, 0.25) is 0 Å². The van der Waals surface area contributed by atoms with Gasteiger partial charge in [0.2, 0.25) is 0 Å². The molecule has 1 aromatic rings. The van der Waals surface area contributed by atoms with Crippen LogP contribution in [0.3, 0.4) is 0 Å². The van der Waals surface area contributed by atoms with Crippen molar-refractivity contribution in [2.45, 2.75) is 38.6 Å². The van der Waals surface area contributed by atoms with E-state index < -0.39 is 5.82 Å². The summed E-state index contributed by atoms with van der Waals surface area (Å²) in [7, 11) is 0. The van der Waals surface area contributed by atoms with E-state index in [2.05, 4.69) is 12.2 Å². The Hall–Kier alpha value is -1.58. The molecule has 1 saturated carbocycles. The van der Waals surface area contributed by atoms with Gasteiger partial charge in [-0.15, -0.1) is 0 Å². The molecule has 0 spiro atoms. The number of anilines is 1. The fraction of sp³-hybridized carbons (Fsp3) is 0.500. The molecule has 0 bridgehead atoms. The third kappa shape index (κ3) is 2.81. The van der Waals surface area contributed by atoms with Gasteiger partial charge in [-0.3, -0.25) is 4.79 Å². The molecule has 2 rings (SSSR count). The predicted octanol–water partition coefficient (Wildman–Crippen LogP) is 2.72. The first-order chi connectivity index (χ1) is 8.58.